The SMILES string of the molecule is CN1CCc2cc([C@H](CNC(=O)Cc3ccc(F)cc3)N3CCOCC3)ccc21. The van der Waals surface area contributed by atoms with Crippen LogP contribution in [0.25, 0.3) is 0 Å². The molecule has 2 aliphatic heterocycles. The summed E-state index contributed by atoms with van der Waals surface area (Å²) in [4.78, 5) is 17.2. The quantitative estimate of drug-likeness (QED) is 0.814. The van der Waals surface area contributed by atoms with Crippen molar-refractivity contribution in [3.05, 3.63) is 65.0 Å². The Morgan fingerprint density at radius 3 is 2.66 bits per heavy atom. The fourth-order valence-electron chi connectivity index (χ4n) is 4.20. The minimum Gasteiger partial charge on any atom is -0.379 e. The number of likely N-dealkylation sites (N-methyl/N-ethyl adjacent to an activating group) is 1. The van der Waals surface area contributed by atoms with Crippen molar-refractivity contribution < 1.29 is 13.9 Å². The number of fused-ring (bicyclic) bond motifs is 1. The van der Waals surface area contributed by atoms with Crippen LogP contribution in [-0.4, -0.2) is 57.2 Å². The lowest BCUT2D eigenvalue weighted by atomic mass is 10.00. The number of nitrogens with one attached hydrogen (secondary N) is 1. The van der Waals surface area contributed by atoms with Gasteiger partial charge in [0.1, 0.15) is 5.82 Å². The first-order valence-electron chi connectivity index (χ1n) is 10.3. The van der Waals surface area contributed by atoms with E-state index in [2.05, 4.69) is 40.4 Å². The predicted octanol–water partition coefficient (Wildman–Crippen LogP) is 2.55. The van der Waals surface area contributed by atoms with Crippen molar-refractivity contribution in [3.8, 4) is 0 Å². The van der Waals surface area contributed by atoms with Gasteiger partial charge in [-0.15, -0.1) is 0 Å². The van der Waals surface area contributed by atoms with Gasteiger partial charge in [-0.3, -0.25) is 9.69 Å². The largest absolute Gasteiger partial charge is 0.379 e. The summed E-state index contributed by atoms with van der Waals surface area (Å²) in [5, 5.41) is 3.09. The molecular formula is C23H28FN3O2. The number of amides is 1. The molecule has 2 aromatic carbocycles. The normalized spacial score (nSPS) is 17.8. The molecule has 0 bridgehead atoms. The van der Waals surface area contributed by atoms with Gasteiger partial charge in [-0.2, -0.15) is 0 Å². The van der Waals surface area contributed by atoms with Crippen molar-refractivity contribution >= 4 is 11.6 Å². The summed E-state index contributed by atoms with van der Waals surface area (Å²) in [5.41, 5.74) is 4.73. The maximum absolute atomic E-state index is 13.1. The molecule has 4 rings (SSSR count). The number of anilines is 1. The highest BCUT2D eigenvalue weighted by Crippen LogP contribution is 2.31. The Balaban J connectivity index is 1.46. The Morgan fingerprint density at radius 2 is 1.90 bits per heavy atom. The average Bonchev–Trinajstić information content (AvgIpc) is 3.11. The van der Waals surface area contributed by atoms with Gasteiger partial charge >= 0.3 is 0 Å². The third kappa shape index (κ3) is 4.77. The zero-order valence-corrected chi connectivity index (χ0v) is 16.9. The second-order valence-electron chi connectivity index (χ2n) is 7.83. The molecule has 2 aromatic rings. The highest BCUT2D eigenvalue weighted by molar-refractivity contribution is 5.78. The zero-order chi connectivity index (χ0) is 20.2. The number of nitrogens with zero attached hydrogens (tertiary/aromatic N) is 2. The molecule has 1 saturated heterocycles. The van der Waals surface area contributed by atoms with Crippen LogP contribution in [0.15, 0.2) is 42.5 Å². The molecule has 154 valence electrons. The van der Waals surface area contributed by atoms with Crippen molar-refractivity contribution in [2.24, 2.45) is 0 Å². The molecule has 1 atom stereocenters. The summed E-state index contributed by atoms with van der Waals surface area (Å²) in [6.45, 7) is 4.75. The van der Waals surface area contributed by atoms with Crippen molar-refractivity contribution in [2.45, 2.75) is 18.9 Å². The molecule has 5 nitrogen and oxygen atoms in total. The summed E-state index contributed by atoms with van der Waals surface area (Å²) in [7, 11) is 2.13. The Bertz CT molecular complexity index is 850. The van der Waals surface area contributed by atoms with E-state index in [0.717, 1.165) is 31.6 Å². The number of rotatable bonds is 6. The fraction of sp³-hybridized carbons (Fsp3) is 0.435. The number of carbonyl (C=O) groups excluding carboxylic acids is 1. The monoisotopic (exact) mass is 397 g/mol. The molecule has 2 heterocycles. The number of carbonyl (C=O) groups is 1. The van der Waals surface area contributed by atoms with Gasteiger partial charge in [0, 0.05) is 38.9 Å². The van der Waals surface area contributed by atoms with Crippen LogP contribution in [0.4, 0.5) is 10.1 Å². The molecule has 29 heavy (non-hydrogen) atoms. The molecular weight excluding hydrogens is 369 g/mol. The molecule has 1 amide bonds. The van der Waals surface area contributed by atoms with Gasteiger partial charge in [0.05, 0.1) is 25.7 Å². The lowest BCUT2D eigenvalue weighted by Gasteiger charge is -2.35. The van der Waals surface area contributed by atoms with E-state index in [1.165, 1.54) is 28.9 Å². The smallest absolute Gasteiger partial charge is 0.224 e. The molecule has 0 unspecified atom stereocenters. The first kappa shape index (κ1) is 19.9. The maximum Gasteiger partial charge on any atom is 0.224 e. The molecule has 0 spiro atoms. The molecule has 6 heteroatoms. The van der Waals surface area contributed by atoms with Crippen LogP contribution >= 0.6 is 0 Å². The molecule has 0 aromatic heterocycles. The second kappa shape index (κ2) is 8.93. The zero-order valence-electron chi connectivity index (χ0n) is 16.9. The van der Waals surface area contributed by atoms with Gasteiger partial charge in [-0.25, -0.2) is 4.39 Å². The molecule has 1 N–H and O–H groups in total. The van der Waals surface area contributed by atoms with Gasteiger partial charge < -0.3 is 15.0 Å². The van der Waals surface area contributed by atoms with E-state index in [1.807, 2.05) is 0 Å². The van der Waals surface area contributed by atoms with Gasteiger partial charge in [-0.05, 0) is 41.3 Å². The first-order valence-corrected chi connectivity index (χ1v) is 10.3. The number of halogens is 1. The third-order valence-electron chi connectivity index (χ3n) is 5.87. The molecule has 0 saturated carbocycles. The highest BCUT2D eigenvalue weighted by Gasteiger charge is 2.25. The Hall–Kier alpha value is -2.44. The van der Waals surface area contributed by atoms with Gasteiger partial charge in [0.2, 0.25) is 5.91 Å². The van der Waals surface area contributed by atoms with Crippen molar-refractivity contribution in [1.82, 2.24) is 10.2 Å². The van der Waals surface area contributed by atoms with Crippen LogP contribution < -0.4 is 10.2 Å². The number of ether oxygens (including phenoxy) is 1. The lowest BCUT2D eigenvalue weighted by molar-refractivity contribution is -0.120. The van der Waals surface area contributed by atoms with Crippen molar-refractivity contribution in [2.75, 3.05) is 51.3 Å². The molecule has 0 aliphatic carbocycles. The van der Waals surface area contributed by atoms with Crippen LogP contribution in [0.3, 0.4) is 0 Å². The number of hydrogen-bond donors (Lipinski definition) is 1. The Labute approximate surface area is 171 Å². The van der Waals surface area contributed by atoms with E-state index in [9.17, 15) is 9.18 Å². The average molecular weight is 397 g/mol. The summed E-state index contributed by atoms with van der Waals surface area (Å²) in [6.07, 6.45) is 1.32. The highest BCUT2D eigenvalue weighted by atomic mass is 19.1. The summed E-state index contributed by atoms with van der Waals surface area (Å²) in [5.74, 6) is -0.334. The molecule has 1 fully saturated rings. The minimum atomic E-state index is -0.288. The van der Waals surface area contributed by atoms with Crippen LogP contribution in [0.5, 0.6) is 0 Å². The Kier molecular flexibility index (Phi) is 6.11. The summed E-state index contributed by atoms with van der Waals surface area (Å²) >= 11 is 0. The van der Waals surface area contributed by atoms with Gasteiger partial charge in [0.25, 0.3) is 0 Å². The minimum absolute atomic E-state index is 0.0456. The van der Waals surface area contributed by atoms with Crippen molar-refractivity contribution in [3.63, 3.8) is 0 Å². The number of hydrogen-bond acceptors (Lipinski definition) is 4. The predicted molar refractivity (Wildman–Crippen MR) is 112 cm³/mol. The van der Waals surface area contributed by atoms with E-state index in [0.29, 0.717) is 19.8 Å². The van der Waals surface area contributed by atoms with Crippen LogP contribution in [0.2, 0.25) is 0 Å². The molecule has 2 aliphatic rings. The van der Waals surface area contributed by atoms with Crippen LogP contribution in [0, 0.1) is 5.82 Å². The fourth-order valence-corrected chi connectivity index (χ4v) is 4.20. The van der Waals surface area contributed by atoms with E-state index in [-0.39, 0.29) is 24.2 Å². The third-order valence-corrected chi connectivity index (χ3v) is 5.87. The van der Waals surface area contributed by atoms with Crippen LogP contribution in [0.1, 0.15) is 22.7 Å². The lowest BCUT2D eigenvalue weighted by Crippen LogP contribution is -2.44. The first-order chi connectivity index (χ1) is 14.1. The van der Waals surface area contributed by atoms with E-state index in [4.69, 9.17) is 4.74 Å². The maximum atomic E-state index is 13.1. The van der Waals surface area contributed by atoms with Crippen molar-refractivity contribution in [1.29, 1.82) is 0 Å². The second-order valence-corrected chi connectivity index (χ2v) is 7.83. The van der Waals surface area contributed by atoms with E-state index < -0.39 is 0 Å². The number of benzene rings is 2. The Morgan fingerprint density at radius 1 is 1.14 bits per heavy atom. The standard InChI is InChI=1S/C23H28FN3O2/c1-26-9-8-19-15-18(4-7-21(19)26)22(27-10-12-29-13-11-27)16-25-23(28)14-17-2-5-20(24)6-3-17/h2-7,15,22H,8-14,16H2,1H3,(H,25,28)/t22-/m0/s1. The number of morpholine rings is 1. The van der Waals surface area contributed by atoms with Gasteiger partial charge in [-0.1, -0.05) is 24.3 Å². The van der Waals surface area contributed by atoms with Crippen LogP contribution in [-0.2, 0) is 22.4 Å². The summed E-state index contributed by atoms with van der Waals surface area (Å²) < 4.78 is 18.6. The molecule has 0 radical (unpaired) electrons. The van der Waals surface area contributed by atoms with E-state index in [1.54, 1.807) is 12.1 Å². The summed E-state index contributed by atoms with van der Waals surface area (Å²) in [6, 6.07) is 12.9. The topological polar surface area (TPSA) is 44.8 Å². The van der Waals surface area contributed by atoms with E-state index >= 15 is 0 Å². The van der Waals surface area contributed by atoms with Gasteiger partial charge in [0.15, 0.2) is 0 Å².